The Labute approximate surface area is 238 Å². The van der Waals surface area contributed by atoms with Crippen LogP contribution in [0.4, 0.5) is 0 Å². The molecule has 0 aliphatic carbocycles. The molecule has 1 saturated heterocycles. The SMILES string of the molecule is CCOC(=O)C1=C(c2ccccc2)N=C2SC=C(CC(=O)NCC3CCCO3)N2C1c1cc(OC)cc(OC)c1. The Morgan fingerprint density at radius 2 is 1.88 bits per heavy atom. The maximum atomic E-state index is 13.7. The molecule has 2 atom stereocenters. The van der Waals surface area contributed by atoms with Crippen LogP contribution in [-0.2, 0) is 19.1 Å². The van der Waals surface area contributed by atoms with E-state index >= 15 is 0 Å². The van der Waals surface area contributed by atoms with Gasteiger partial charge in [0.05, 0.1) is 50.7 Å². The molecule has 0 saturated carbocycles. The van der Waals surface area contributed by atoms with Gasteiger partial charge in [-0.2, -0.15) is 0 Å². The fourth-order valence-electron chi connectivity index (χ4n) is 5.05. The van der Waals surface area contributed by atoms with Crippen molar-refractivity contribution >= 4 is 34.5 Å². The van der Waals surface area contributed by atoms with E-state index in [-0.39, 0.29) is 25.0 Å². The Hall–Kier alpha value is -3.76. The average Bonchev–Trinajstić information content (AvgIpc) is 3.65. The molecule has 0 aromatic heterocycles. The van der Waals surface area contributed by atoms with E-state index in [2.05, 4.69) is 5.32 Å². The number of ether oxygens (including phenoxy) is 4. The predicted molar refractivity (Wildman–Crippen MR) is 154 cm³/mol. The summed E-state index contributed by atoms with van der Waals surface area (Å²) in [6, 6.07) is 14.5. The third kappa shape index (κ3) is 5.88. The van der Waals surface area contributed by atoms with Crippen LogP contribution in [-0.4, -0.2) is 62.0 Å². The molecule has 5 rings (SSSR count). The second-order valence-electron chi connectivity index (χ2n) is 9.50. The number of carbonyl (C=O) groups excluding carboxylic acids is 2. The molecule has 3 aliphatic rings. The largest absolute Gasteiger partial charge is 0.497 e. The number of fused-ring (bicyclic) bond motifs is 1. The number of thioether (sulfide) groups is 1. The highest BCUT2D eigenvalue weighted by molar-refractivity contribution is 8.16. The molecule has 0 spiro atoms. The lowest BCUT2D eigenvalue weighted by Crippen LogP contribution is -2.39. The molecule has 2 aromatic carbocycles. The van der Waals surface area contributed by atoms with E-state index in [0.29, 0.717) is 34.5 Å². The van der Waals surface area contributed by atoms with Crippen LogP contribution in [0.1, 0.15) is 43.4 Å². The van der Waals surface area contributed by atoms with Gasteiger partial charge in [0, 0.05) is 30.5 Å². The van der Waals surface area contributed by atoms with Crippen LogP contribution in [0.15, 0.2) is 70.2 Å². The van der Waals surface area contributed by atoms with E-state index < -0.39 is 12.0 Å². The lowest BCUT2D eigenvalue weighted by atomic mass is 9.91. The van der Waals surface area contributed by atoms with Gasteiger partial charge in [0.25, 0.3) is 0 Å². The summed E-state index contributed by atoms with van der Waals surface area (Å²) in [7, 11) is 3.17. The molecule has 10 heteroatoms. The molecule has 3 aliphatic heterocycles. The van der Waals surface area contributed by atoms with Gasteiger partial charge in [-0.1, -0.05) is 42.1 Å². The van der Waals surface area contributed by atoms with Crippen molar-refractivity contribution in [1.82, 2.24) is 10.2 Å². The van der Waals surface area contributed by atoms with Crippen LogP contribution < -0.4 is 14.8 Å². The van der Waals surface area contributed by atoms with Crippen molar-refractivity contribution in [1.29, 1.82) is 0 Å². The number of nitrogens with zero attached hydrogens (tertiary/aromatic N) is 2. The van der Waals surface area contributed by atoms with Gasteiger partial charge in [0.1, 0.15) is 11.5 Å². The maximum Gasteiger partial charge on any atom is 0.338 e. The van der Waals surface area contributed by atoms with Gasteiger partial charge >= 0.3 is 5.97 Å². The van der Waals surface area contributed by atoms with E-state index in [1.165, 1.54) is 11.8 Å². The van der Waals surface area contributed by atoms with Crippen molar-refractivity contribution in [2.75, 3.05) is 34.0 Å². The third-order valence-corrected chi connectivity index (χ3v) is 7.82. The Kier molecular flexibility index (Phi) is 8.76. The van der Waals surface area contributed by atoms with Gasteiger partial charge in [-0.25, -0.2) is 9.79 Å². The highest BCUT2D eigenvalue weighted by Crippen LogP contribution is 2.48. The predicted octanol–water partition coefficient (Wildman–Crippen LogP) is 4.66. The Bertz CT molecular complexity index is 1330. The van der Waals surface area contributed by atoms with Crippen LogP contribution >= 0.6 is 11.8 Å². The summed E-state index contributed by atoms with van der Waals surface area (Å²) >= 11 is 1.42. The third-order valence-electron chi connectivity index (χ3n) is 6.93. The zero-order chi connectivity index (χ0) is 28.1. The molecule has 2 aromatic rings. The first kappa shape index (κ1) is 27.8. The van der Waals surface area contributed by atoms with E-state index in [1.807, 2.05) is 52.8 Å². The number of methoxy groups -OCH3 is 2. The smallest absolute Gasteiger partial charge is 0.338 e. The number of aliphatic imine (C=N–C) groups is 1. The first-order valence-electron chi connectivity index (χ1n) is 13.3. The van der Waals surface area contributed by atoms with Gasteiger partial charge in [0.2, 0.25) is 5.91 Å². The minimum absolute atomic E-state index is 0.0479. The summed E-state index contributed by atoms with van der Waals surface area (Å²) in [6.07, 6.45) is 2.12. The van der Waals surface area contributed by atoms with Crippen LogP contribution in [0.2, 0.25) is 0 Å². The van der Waals surface area contributed by atoms with Crippen molar-refractivity contribution in [3.05, 3.63) is 76.3 Å². The number of amidine groups is 1. The second kappa shape index (κ2) is 12.6. The van der Waals surface area contributed by atoms with E-state index in [9.17, 15) is 9.59 Å². The highest BCUT2D eigenvalue weighted by Gasteiger charge is 2.42. The summed E-state index contributed by atoms with van der Waals surface area (Å²) in [5.41, 5.74) is 3.17. The number of benzene rings is 2. The molecule has 0 bridgehead atoms. The van der Waals surface area contributed by atoms with Crippen molar-refractivity contribution in [2.45, 2.75) is 38.3 Å². The number of nitrogens with one attached hydrogen (secondary N) is 1. The molecule has 9 nitrogen and oxygen atoms in total. The number of hydrogen-bond acceptors (Lipinski definition) is 9. The first-order chi connectivity index (χ1) is 19.5. The fourth-order valence-corrected chi connectivity index (χ4v) is 5.97. The molecule has 40 heavy (non-hydrogen) atoms. The zero-order valence-electron chi connectivity index (χ0n) is 22.8. The molecule has 1 fully saturated rings. The lowest BCUT2D eigenvalue weighted by Gasteiger charge is -2.37. The van der Waals surface area contributed by atoms with Crippen LogP contribution in [0, 0.1) is 0 Å². The summed E-state index contributed by atoms with van der Waals surface area (Å²) in [4.78, 5) is 33.6. The van der Waals surface area contributed by atoms with Crippen molar-refractivity contribution in [3.63, 3.8) is 0 Å². The molecule has 3 heterocycles. The Morgan fingerprint density at radius 3 is 2.52 bits per heavy atom. The minimum atomic E-state index is -0.641. The lowest BCUT2D eigenvalue weighted by molar-refractivity contribution is -0.139. The monoisotopic (exact) mass is 563 g/mol. The summed E-state index contributed by atoms with van der Waals surface area (Å²) in [5.74, 6) is 0.556. The van der Waals surface area contributed by atoms with E-state index in [1.54, 1.807) is 27.2 Å². The molecular formula is C30H33N3O6S. The standard InChI is InChI=1S/C30H33N3O6S/c1-4-38-29(35)26-27(19-9-6-5-7-10-19)32-30-33(28(26)20-13-23(36-2)16-24(14-20)37-3)21(18-40-30)15-25(34)31-17-22-11-8-12-39-22/h5-7,9-10,13-14,16,18,22,28H,4,8,11-12,15,17H2,1-3H3,(H,31,34). The molecular weight excluding hydrogens is 530 g/mol. The van der Waals surface area contributed by atoms with Crippen molar-refractivity contribution in [2.24, 2.45) is 4.99 Å². The molecule has 1 N–H and O–H groups in total. The number of carbonyl (C=O) groups is 2. The topological polar surface area (TPSA) is 98.7 Å². The van der Waals surface area contributed by atoms with Crippen LogP contribution in [0.5, 0.6) is 11.5 Å². The van der Waals surface area contributed by atoms with Crippen molar-refractivity contribution < 1.29 is 28.5 Å². The van der Waals surface area contributed by atoms with Crippen LogP contribution in [0.3, 0.4) is 0 Å². The Balaban J connectivity index is 1.58. The molecule has 2 unspecified atom stereocenters. The quantitative estimate of drug-likeness (QED) is 0.417. The molecule has 1 amide bonds. The summed E-state index contributed by atoms with van der Waals surface area (Å²) < 4.78 is 22.4. The summed E-state index contributed by atoms with van der Waals surface area (Å²) in [6.45, 7) is 3.19. The van der Waals surface area contributed by atoms with Gasteiger partial charge in [-0.3, -0.25) is 4.79 Å². The van der Waals surface area contributed by atoms with Gasteiger partial charge in [0.15, 0.2) is 5.17 Å². The fraction of sp³-hybridized carbons (Fsp3) is 0.367. The number of rotatable bonds is 10. The normalized spacial score (nSPS) is 20.0. The van der Waals surface area contributed by atoms with E-state index in [0.717, 1.165) is 36.3 Å². The van der Waals surface area contributed by atoms with Gasteiger partial charge < -0.3 is 29.2 Å². The van der Waals surface area contributed by atoms with E-state index in [4.69, 9.17) is 23.9 Å². The molecule has 210 valence electrons. The summed E-state index contributed by atoms with van der Waals surface area (Å²) in [5, 5.41) is 5.59. The number of esters is 1. The average molecular weight is 564 g/mol. The van der Waals surface area contributed by atoms with Crippen molar-refractivity contribution in [3.8, 4) is 11.5 Å². The first-order valence-corrected chi connectivity index (χ1v) is 14.2. The highest BCUT2D eigenvalue weighted by atomic mass is 32.2. The number of amides is 1. The molecule has 0 radical (unpaired) electrons. The van der Waals surface area contributed by atoms with Crippen LogP contribution in [0.25, 0.3) is 5.70 Å². The zero-order valence-corrected chi connectivity index (χ0v) is 23.7. The minimum Gasteiger partial charge on any atom is -0.497 e. The van der Waals surface area contributed by atoms with Gasteiger partial charge in [-0.05, 0) is 42.9 Å². The number of hydrogen-bond donors (Lipinski definition) is 1. The Morgan fingerprint density at radius 1 is 1.12 bits per heavy atom. The maximum absolute atomic E-state index is 13.7. The second-order valence-corrected chi connectivity index (χ2v) is 10.3. The van der Waals surface area contributed by atoms with Gasteiger partial charge in [-0.15, -0.1) is 0 Å².